The van der Waals surface area contributed by atoms with Crippen LogP contribution in [0.4, 0.5) is 0 Å². The van der Waals surface area contributed by atoms with E-state index in [0.717, 1.165) is 6.42 Å². The first-order valence-electron chi connectivity index (χ1n) is 5.35. The lowest BCUT2D eigenvalue weighted by Gasteiger charge is -2.01. The Labute approximate surface area is 90.6 Å². The molecule has 1 atom stereocenters. The zero-order chi connectivity index (χ0) is 9.94. The Morgan fingerprint density at radius 2 is 1.62 bits per heavy atom. The molecule has 0 amide bonds. The number of rotatable bonds is 8. The average Bonchev–Trinajstić information content (AvgIpc) is 2.16. The van der Waals surface area contributed by atoms with E-state index in [9.17, 15) is 0 Å². The molecule has 0 rings (SSSR count). The summed E-state index contributed by atoms with van der Waals surface area (Å²) in [7, 11) is 0. The molecule has 0 spiro atoms. The fourth-order valence-corrected chi connectivity index (χ4v) is 1.67. The summed E-state index contributed by atoms with van der Waals surface area (Å²) in [4.78, 5) is 0.0724. The van der Waals surface area contributed by atoms with Crippen molar-refractivity contribution in [1.82, 2.24) is 0 Å². The molecule has 0 aromatic rings. The quantitative estimate of drug-likeness (QED) is 0.459. The van der Waals surface area contributed by atoms with Gasteiger partial charge in [-0.2, -0.15) is 5.26 Å². The maximum Gasteiger partial charge on any atom is 0.101 e. The molecule has 0 heterocycles. The maximum atomic E-state index is 8.51. The first-order valence-corrected chi connectivity index (χ1v) is 6.26. The van der Waals surface area contributed by atoms with Crippen molar-refractivity contribution in [1.29, 1.82) is 5.26 Å². The van der Waals surface area contributed by atoms with Gasteiger partial charge in [0.2, 0.25) is 0 Å². The molecule has 0 saturated carbocycles. The lowest BCUT2D eigenvalue weighted by atomic mass is 10.1. The second kappa shape index (κ2) is 10.1. The summed E-state index contributed by atoms with van der Waals surface area (Å²) in [5, 5.41) is 8.51. The number of hydrogen-bond acceptors (Lipinski definition) is 1. The maximum absolute atomic E-state index is 8.51. The van der Waals surface area contributed by atoms with Gasteiger partial charge >= 0.3 is 0 Å². The molecule has 0 fully saturated rings. The van der Waals surface area contributed by atoms with E-state index in [4.69, 9.17) is 5.26 Å². The molecular weight excluding hydrogens is 226 g/mol. The first-order chi connectivity index (χ1) is 6.31. The van der Waals surface area contributed by atoms with E-state index >= 15 is 0 Å². The van der Waals surface area contributed by atoms with Crippen molar-refractivity contribution in [2.75, 3.05) is 0 Å². The second-order valence-corrected chi connectivity index (χ2v) is 4.61. The van der Waals surface area contributed by atoms with Gasteiger partial charge in [-0.25, -0.2) is 0 Å². The Kier molecular flexibility index (Phi) is 10.0. The lowest BCUT2D eigenvalue weighted by Crippen LogP contribution is -1.92. The minimum atomic E-state index is 0.0724. The topological polar surface area (TPSA) is 23.8 Å². The summed E-state index contributed by atoms with van der Waals surface area (Å²) in [6.45, 7) is 2.24. The third-order valence-corrected chi connectivity index (χ3v) is 2.86. The minimum Gasteiger partial charge on any atom is -0.197 e. The van der Waals surface area contributed by atoms with E-state index in [1.807, 2.05) is 0 Å². The molecule has 0 aliphatic heterocycles. The van der Waals surface area contributed by atoms with Crippen molar-refractivity contribution in [2.45, 2.75) is 63.1 Å². The van der Waals surface area contributed by atoms with Gasteiger partial charge in [-0.15, -0.1) is 0 Å². The summed E-state index contributed by atoms with van der Waals surface area (Å²) < 4.78 is 0. The third kappa shape index (κ3) is 9.89. The molecule has 2 heteroatoms. The van der Waals surface area contributed by atoms with Crippen LogP contribution in [0.25, 0.3) is 0 Å². The van der Waals surface area contributed by atoms with E-state index in [-0.39, 0.29) is 4.83 Å². The Hall–Kier alpha value is -0.0300. The minimum absolute atomic E-state index is 0.0724. The number of nitrogens with zero attached hydrogens (tertiary/aromatic N) is 1. The van der Waals surface area contributed by atoms with Gasteiger partial charge in [0.25, 0.3) is 0 Å². The predicted molar refractivity (Wildman–Crippen MR) is 60.9 cm³/mol. The highest BCUT2D eigenvalue weighted by atomic mass is 79.9. The van der Waals surface area contributed by atoms with Crippen molar-refractivity contribution in [3.05, 3.63) is 0 Å². The van der Waals surface area contributed by atoms with Crippen LogP contribution in [-0.2, 0) is 0 Å². The van der Waals surface area contributed by atoms with Crippen molar-refractivity contribution in [3.63, 3.8) is 0 Å². The highest BCUT2D eigenvalue weighted by molar-refractivity contribution is 9.09. The molecule has 0 radical (unpaired) electrons. The van der Waals surface area contributed by atoms with Gasteiger partial charge in [0.05, 0.1) is 6.07 Å². The second-order valence-electron chi connectivity index (χ2n) is 3.51. The normalized spacial score (nSPS) is 12.4. The lowest BCUT2D eigenvalue weighted by molar-refractivity contribution is 0.581. The van der Waals surface area contributed by atoms with Crippen LogP contribution in [0.15, 0.2) is 0 Å². The molecule has 0 aliphatic rings. The number of alkyl halides is 1. The van der Waals surface area contributed by atoms with Crippen molar-refractivity contribution in [2.24, 2.45) is 0 Å². The van der Waals surface area contributed by atoms with Crippen molar-refractivity contribution >= 4 is 15.9 Å². The number of unbranched alkanes of at least 4 members (excludes halogenated alkanes) is 6. The monoisotopic (exact) mass is 245 g/mol. The van der Waals surface area contributed by atoms with Crippen LogP contribution in [0.3, 0.4) is 0 Å². The molecule has 1 unspecified atom stereocenters. The molecule has 0 saturated heterocycles. The van der Waals surface area contributed by atoms with Gasteiger partial charge in [-0.05, 0) is 6.42 Å². The number of halogens is 1. The number of hydrogen-bond donors (Lipinski definition) is 0. The molecule has 0 N–H and O–H groups in total. The van der Waals surface area contributed by atoms with Crippen LogP contribution in [-0.4, -0.2) is 4.83 Å². The third-order valence-electron chi connectivity index (χ3n) is 2.20. The summed E-state index contributed by atoms with van der Waals surface area (Å²) in [5.74, 6) is 0. The van der Waals surface area contributed by atoms with Crippen LogP contribution in [0.5, 0.6) is 0 Å². The van der Waals surface area contributed by atoms with Crippen LogP contribution in [0, 0.1) is 11.3 Å². The fraction of sp³-hybridized carbons (Fsp3) is 0.909. The SMILES string of the molecule is CCCCCCCCCC(Br)C#N. The van der Waals surface area contributed by atoms with Crippen LogP contribution in [0.1, 0.15) is 58.3 Å². The molecule has 13 heavy (non-hydrogen) atoms. The molecule has 76 valence electrons. The van der Waals surface area contributed by atoms with E-state index in [2.05, 4.69) is 28.9 Å². The van der Waals surface area contributed by atoms with Crippen LogP contribution >= 0.6 is 15.9 Å². The molecular formula is C11H20BrN. The van der Waals surface area contributed by atoms with Crippen LogP contribution < -0.4 is 0 Å². The van der Waals surface area contributed by atoms with Crippen molar-refractivity contribution in [3.8, 4) is 6.07 Å². The Morgan fingerprint density at radius 3 is 2.15 bits per heavy atom. The van der Waals surface area contributed by atoms with Gasteiger partial charge in [-0.3, -0.25) is 0 Å². The van der Waals surface area contributed by atoms with E-state index in [1.165, 1.54) is 44.9 Å². The standard InChI is InChI=1S/C11H20BrN/c1-2-3-4-5-6-7-8-9-11(12)10-13/h11H,2-9H2,1H3. The Bertz CT molecular complexity index is 140. The zero-order valence-corrected chi connectivity index (χ0v) is 10.1. The predicted octanol–water partition coefficient (Wildman–Crippen LogP) is 4.41. The van der Waals surface area contributed by atoms with Gasteiger partial charge in [0.15, 0.2) is 0 Å². The summed E-state index contributed by atoms with van der Waals surface area (Å²) in [6, 6.07) is 2.19. The Morgan fingerprint density at radius 1 is 1.08 bits per heavy atom. The van der Waals surface area contributed by atoms with Crippen LogP contribution in [0.2, 0.25) is 0 Å². The summed E-state index contributed by atoms with van der Waals surface area (Å²) in [5.41, 5.74) is 0. The van der Waals surface area contributed by atoms with Gasteiger partial charge < -0.3 is 0 Å². The summed E-state index contributed by atoms with van der Waals surface area (Å²) in [6.07, 6.45) is 10.3. The number of nitriles is 1. The van der Waals surface area contributed by atoms with E-state index in [0.29, 0.717) is 0 Å². The molecule has 0 bridgehead atoms. The smallest absolute Gasteiger partial charge is 0.101 e. The summed E-state index contributed by atoms with van der Waals surface area (Å²) >= 11 is 3.31. The molecule has 1 nitrogen and oxygen atoms in total. The van der Waals surface area contributed by atoms with Gasteiger partial charge in [0.1, 0.15) is 4.83 Å². The first kappa shape index (κ1) is 13.0. The highest BCUT2D eigenvalue weighted by Crippen LogP contribution is 2.12. The molecule has 0 aromatic carbocycles. The fourth-order valence-electron chi connectivity index (χ4n) is 1.35. The molecule has 0 aromatic heterocycles. The highest BCUT2D eigenvalue weighted by Gasteiger charge is 1.99. The van der Waals surface area contributed by atoms with Gasteiger partial charge in [0, 0.05) is 0 Å². The zero-order valence-electron chi connectivity index (χ0n) is 8.56. The average molecular weight is 246 g/mol. The Balaban J connectivity index is 2.96. The van der Waals surface area contributed by atoms with E-state index < -0.39 is 0 Å². The van der Waals surface area contributed by atoms with Gasteiger partial charge in [-0.1, -0.05) is 67.8 Å². The van der Waals surface area contributed by atoms with E-state index in [1.54, 1.807) is 0 Å². The molecule has 0 aliphatic carbocycles. The van der Waals surface area contributed by atoms with Crippen molar-refractivity contribution < 1.29 is 0 Å². The largest absolute Gasteiger partial charge is 0.197 e.